The Balaban J connectivity index is 2.90. The first-order chi connectivity index (χ1) is 5.29. The van der Waals surface area contributed by atoms with Crippen molar-refractivity contribution in [3.8, 4) is 0 Å². The van der Waals surface area contributed by atoms with Gasteiger partial charge in [0.2, 0.25) is 0 Å². The number of allylic oxidation sites excluding steroid dienone is 1. The fourth-order valence-electron chi connectivity index (χ4n) is 1.14. The number of nitrogens with two attached hydrogens (primary N) is 1. The van der Waals surface area contributed by atoms with Gasteiger partial charge in [-0.25, -0.2) is 0 Å². The maximum Gasteiger partial charge on any atom is 0.0560 e. The van der Waals surface area contributed by atoms with Crippen molar-refractivity contribution < 1.29 is 0 Å². The third-order valence-electron chi connectivity index (χ3n) is 1.81. The molecule has 1 aromatic rings. The zero-order valence-electron chi connectivity index (χ0n) is 6.85. The van der Waals surface area contributed by atoms with Gasteiger partial charge >= 0.3 is 0 Å². The summed E-state index contributed by atoms with van der Waals surface area (Å²) >= 11 is 0. The van der Waals surface area contributed by atoms with Crippen LogP contribution in [0.5, 0.6) is 0 Å². The number of aromatic amines is 1. The Bertz CT molecular complexity index is 248. The zero-order chi connectivity index (χ0) is 8.27. The molecule has 0 radical (unpaired) electrons. The second-order valence-electron chi connectivity index (χ2n) is 2.55. The smallest absolute Gasteiger partial charge is 0.0560 e. The summed E-state index contributed by atoms with van der Waals surface area (Å²) in [5.74, 6) is 0. The van der Waals surface area contributed by atoms with E-state index in [1.165, 1.54) is 0 Å². The van der Waals surface area contributed by atoms with Crippen LogP contribution in [0.2, 0.25) is 0 Å². The monoisotopic (exact) mass is 150 g/mol. The third-order valence-corrected chi connectivity index (χ3v) is 1.81. The SMILES string of the molecule is C=CCc1c[nH]c(CC)c1N. The van der Waals surface area contributed by atoms with Crippen LogP contribution in [0.25, 0.3) is 0 Å². The molecule has 0 aliphatic heterocycles. The molecule has 2 nitrogen and oxygen atoms in total. The van der Waals surface area contributed by atoms with Gasteiger partial charge in [0.15, 0.2) is 0 Å². The molecule has 0 spiro atoms. The molecule has 0 saturated heterocycles. The molecule has 0 unspecified atom stereocenters. The van der Waals surface area contributed by atoms with Gasteiger partial charge in [0, 0.05) is 11.9 Å². The lowest BCUT2D eigenvalue weighted by Gasteiger charge is -1.95. The molecule has 1 aromatic heterocycles. The van der Waals surface area contributed by atoms with Crippen LogP contribution in [0.3, 0.4) is 0 Å². The summed E-state index contributed by atoms with van der Waals surface area (Å²) in [4.78, 5) is 3.14. The van der Waals surface area contributed by atoms with E-state index in [-0.39, 0.29) is 0 Å². The minimum absolute atomic E-state index is 0.850. The van der Waals surface area contributed by atoms with Gasteiger partial charge < -0.3 is 10.7 Å². The summed E-state index contributed by atoms with van der Waals surface area (Å²) in [6.45, 7) is 5.75. The normalized spacial score (nSPS) is 9.91. The first-order valence-corrected chi connectivity index (χ1v) is 3.85. The van der Waals surface area contributed by atoms with Gasteiger partial charge in [0.25, 0.3) is 0 Å². The van der Waals surface area contributed by atoms with Crippen LogP contribution in [-0.2, 0) is 12.8 Å². The highest BCUT2D eigenvalue weighted by Gasteiger charge is 2.03. The van der Waals surface area contributed by atoms with E-state index in [4.69, 9.17) is 5.73 Å². The van der Waals surface area contributed by atoms with E-state index in [9.17, 15) is 0 Å². The predicted octanol–water partition coefficient (Wildman–Crippen LogP) is 1.89. The van der Waals surface area contributed by atoms with Gasteiger partial charge in [0.05, 0.1) is 5.69 Å². The molecule has 0 aromatic carbocycles. The van der Waals surface area contributed by atoms with Gasteiger partial charge in [0.1, 0.15) is 0 Å². The molecule has 60 valence electrons. The van der Waals surface area contributed by atoms with Crippen molar-refractivity contribution in [2.75, 3.05) is 5.73 Å². The fourth-order valence-corrected chi connectivity index (χ4v) is 1.14. The Hall–Kier alpha value is -1.18. The number of anilines is 1. The van der Waals surface area contributed by atoms with Gasteiger partial charge in [-0.1, -0.05) is 13.0 Å². The number of hydrogen-bond acceptors (Lipinski definition) is 1. The molecule has 0 saturated carbocycles. The highest BCUT2D eigenvalue weighted by molar-refractivity contribution is 5.52. The van der Waals surface area contributed by atoms with Crippen molar-refractivity contribution >= 4 is 5.69 Å². The van der Waals surface area contributed by atoms with E-state index in [0.29, 0.717) is 0 Å². The minimum Gasteiger partial charge on any atom is -0.397 e. The molecule has 2 heteroatoms. The van der Waals surface area contributed by atoms with Crippen molar-refractivity contribution in [1.82, 2.24) is 4.98 Å². The number of H-pyrrole nitrogens is 1. The van der Waals surface area contributed by atoms with Crippen LogP contribution in [-0.4, -0.2) is 4.98 Å². The molecular formula is C9H14N2. The van der Waals surface area contributed by atoms with E-state index < -0.39 is 0 Å². The minimum atomic E-state index is 0.850. The van der Waals surface area contributed by atoms with E-state index in [1.807, 2.05) is 12.3 Å². The lowest BCUT2D eigenvalue weighted by Crippen LogP contribution is -1.92. The highest BCUT2D eigenvalue weighted by Crippen LogP contribution is 2.17. The Labute approximate surface area is 67.1 Å². The van der Waals surface area contributed by atoms with Gasteiger partial charge in [-0.05, 0) is 18.4 Å². The average Bonchev–Trinajstić information content (AvgIpc) is 2.34. The van der Waals surface area contributed by atoms with Gasteiger partial charge in [-0.3, -0.25) is 0 Å². The summed E-state index contributed by atoms with van der Waals surface area (Å²) in [6.07, 6.45) is 5.63. The fraction of sp³-hybridized carbons (Fsp3) is 0.333. The second kappa shape index (κ2) is 3.28. The van der Waals surface area contributed by atoms with E-state index in [1.54, 1.807) is 0 Å². The molecule has 0 amide bonds. The summed E-state index contributed by atoms with van der Waals surface area (Å²) in [5.41, 5.74) is 8.99. The molecule has 3 N–H and O–H groups in total. The van der Waals surface area contributed by atoms with Crippen LogP contribution >= 0.6 is 0 Å². The molecule has 0 aliphatic rings. The van der Waals surface area contributed by atoms with E-state index in [0.717, 1.165) is 29.8 Å². The number of rotatable bonds is 3. The highest BCUT2D eigenvalue weighted by atomic mass is 14.8. The van der Waals surface area contributed by atoms with Crippen molar-refractivity contribution in [1.29, 1.82) is 0 Å². The van der Waals surface area contributed by atoms with Crippen LogP contribution in [0, 0.1) is 0 Å². The number of hydrogen-bond donors (Lipinski definition) is 2. The summed E-state index contributed by atoms with van der Waals surface area (Å²) in [6, 6.07) is 0. The van der Waals surface area contributed by atoms with Crippen molar-refractivity contribution in [2.24, 2.45) is 0 Å². The first-order valence-electron chi connectivity index (χ1n) is 3.85. The van der Waals surface area contributed by atoms with Crippen LogP contribution in [0.1, 0.15) is 18.2 Å². The van der Waals surface area contributed by atoms with Crippen LogP contribution < -0.4 is 5.73 Å². The quantitative estimate of drug-likeness (QED) is 0.635. The standard InChI is InChI=1S/C9H14N2/c1-3-5-7-6-11-8(4-2)9(7)10/h3,6,11H,1,4-5,10H2,2H3. The molecule has 1 rings (SSSR count). The summed E-state index contributed by atoms with van der Waals surface area (Å²) < 4.78 is 0. The Morgan fingerprint density at radius 2 is 2.45 bits per heavy atom. The van der Waals surface area contributed by atoms with Crippen molar-refractivity contribution in [3.63, 3.8) is 0 Å². The Morgan fingerprint density at radius 1 is 1.73 bits per heavy atom. The molecule has 1 heterocycles. The van der Waals surface area contributed by atoms with Crippen LogP contribution in [0.15, 0.2) is 18.9 Å². The van der Waals surface area contributed by atoms with E-state index >= 15 is 0 Å². The number of aromatic nitrogens is 1. The number of nitrogens with one attached hydrogen (secondary N) is 1. The second-order valence-corrected chi connectivity index (χ2v) is 2.55. The molecule has 0 atom stereocenters. The Kier molecular flexibility index (Phi) is 2.36. The molecular weight excluding hydrogens is 136 g/mol. The van der Waals surface area contributed by atoms with Gasteiger partial charge in [-0.15, -0.1) is 6.58 Å². The molecule has 11 heavy (non-hydrogen) atoms. The van der Waals surface area contributed by atoms with Crippen molar-refractivity contribution in [2.45, 2.75) is 19.8 Å². The van der Waals surface area contributed by atoms with Crippen LogP contribution in [0.4, 0.5) is 5.69 Å². The largest absolute Gasteiger partial charge is 0.397 e. The average molecular weight is 150 g/mol. The predicted molar refractivity (Wildman–Crippen MR) is 48.5 cm³/mol. The lowest BCUT2D eigenvalue weighted by atomic mass is 10.2. The topological polar surface area (TPSA) is 41.8 Å². The maximum atomic E-state index is 5.82. The Morgan fingerprint density at radius 3 is 2.91 bits per heavy atom. The number of aryl methyl sites for hydroxylation is 1. The summed E-state index contributed by atoms with van der Waals surface area (Å²) in [7, 11) is 0. The number of nitrogen functional groups attached to an aromatic ring is 1. The zero-order valence-corrected chi connectivity index (χ0v) is 6.85. The maximum absolute atomic E-state index is 5.82. The molecule has 0 fully saturated rings. The van der Waals surface area contributed by atoms with E-state index in [2.05, 4.69) is 18.5 Å². The third kappa shape index (κ3) is 1.45. The van der Waals surface area contributed by atoms with Crippen molar-refractivity contribution in [3.05, 3.63) is 30.1 Å². The molecule has 0 bridgehead atoms. The lowest BCUT2D eigenvalue weighted by molar-refractivity contribution is 1.07. The van der Waals surface area contributed by atoms with Gasteiger partial charge in [-0.2, -0.15) is 0 Å². The first kappa shape index (κ1) is 7.92. The summed E-state index contributed by atoms with van der Waals surface area (Å²) in [5, 5.41) is 0. The molecule has 0 aliphatic carbocycles.